The lowest BCUT2D eigenvalue weighted by Gasteiger charge is -2.35. The zero-order valence-corrected chi connectivity index (χ0v) is 14.6. The summed E-state index contributed by atoms with van der Waals surface area (Å²) in [5, 5.41) is 2.82. The van der Waals surface area contributed by atoms with Gasteiger partial charge in [-0.05, 0) is 63.7 Å². The summed E-state index contributed by atoms with van der Waals surface area (Å²) in [4.78, 5) is 28.4. The topological polar surface area (TPSA) is 78.7 Å². The van der Waals surface area contributed by atoms with E-state index in [2.05, 4.69) is 17.3 Å². The van der Waals surface area contributed by atoms with Gasteiger partial charge in [0.1, 0.15) is 0 Å². The fourth-order valence-corrected chi connectivity index (χ4v) is 3.01. The molecule has 0 saturated carbocycles. The van der Waals surface area contributed by atoms with Crippen LogP contribution in [0.1, 0.15) is 36.0 Å². The third-order valence-corrected chi connectivity index (χ3v) is 4.49. The highest BCUT2D eigenvalue weighted by molar-refractivity contribution is 5.95. The predicted octanol–water partition coefficient (Wildman–Crippen LogP) is 1.53. The Morgan fingerprint density at radius 2 is 2.04 bits per heavy atom. The van der Waals surface area contributed by atoms with Crippen molar-refractivity contribution in [3.8, 4) is 0 Å². The molecule has 1 aliphatic heterocycles. The standard InChI is InChI=1S/C18H28N4O2/c1-21-12-4-5-16(13-21)22(2)18(24)14-7-9-15(10-8-14)20-17(23)6-3-11-19/h7-10,16H,3-6,11-13,19H2,1-2H3,(H,20,23). The molecule has 1 aromatic rings. The minimum absolute atomic E-state index is 0.0244. The van der Waals surface area contributed by atoms with Crippen molar-refractivity contribution in [2.45, 2.75) is 31.7 Å². The second-order valence-electron chi connectivity index (χ2n) is 6.49. The number of amides is 2. The van der Waals surface area contributed by atoms with Crippen LogP contribution in [0.25, 0.3) is 0 Å². The van der Waals surface area contributed by atoms with Crippen LogP contribution in [0.3, 0.4) is 0 Å². The molecule has 1 unspecified atom stereocenters. The Labute approximate surface area is 144 Å². The van der Waals surface area contributed by atoms with Crippen LogP contribution >= 0.6 is 0 Å². The van der Waals surface area contributed by atoms with Crippen molar-refractivity contribution in [3.63, 3.8) is 0 Å². The van der Waals surface area contributed by atoms with Gasteiger partial charge in [-0.15, -0.1) is 0 Å². The molecule has 1 aliphatic rings. The van der Waals surface area contributed by atoms with Crippen LogP contribution in [0.2, 0.25) is 0 Å². The highest BCUT2D eigenvalue weighted by Crippen LogP contribution is 2.17. The minimum Gasteiger partial charge on any atom is -0.337 e. The Kier molecular flexibility index (Phi) is 6.75. The van der Waals surface area contributed by atoms with Gasteiger partial charge < -0.3 is 20.9 Å². The molecule has 6 nitrogen and oxygen atoms in total. The van der Waals surface area contributed by atoms with Crippen molar-refractivity contribution in [1.29, 1.82) is 0 Å². The number of nitrogens with one attached hydrogen (secondary N) is 1. The minimum atomic E-state index is -0.0538. The maximum absolute atomic E-state index is 12.6. The smallest absolute Gasteiger partial charge is 0.253 e. The summed E-state index contributed by atoms with van der Waals surface area (Å²) >= 11 is 0. The molecular weight excluding hydrogens is 304 g/mol. The number of likely N-dealkylation sites (N-methyl/N-ethyl adjacent to an activating group) is 2. The van der Waals surface area contributed by atoms with Crippen LogP contribution in [0.4, 0.5) is 5.69 Å². The predicted molar refractivity (Wildman–Crippen MR) is 96.0 cm³/mol. The molecule has 132 valence electrons. The summed E-state index contributed by atoms with van der Waals surface area (Å²) in [5.41, 5.74) is 6.74. The van der Waals surface area contributed by atoms with Gasteiger partial charge in [-0.1, -0.05) is 0 Å². The number of nitrogens with zero attached hydrogens (tertiary/aromatic N) is 2. The van der Waals surface area contributed by atoms with Crippen LogP contribution in [-0.4, -0.2) is 61.4 Å². The summed E-state index contributed by atoms with van der Waals surface area (Å²) in [6.07, 6.45) is 3.24. The lowest BCUT2D eigenvalue weighted by atomic mass is 10.0. The molecule has 0 spiro atoms. The van der Waals surface area contributed by atoms with Crippen molar-refractivity contribution < 1.29 is 9.59 Å². The van der Waals surface area contributed by atoms with Gasteiger partial charge in [0.25, 0.3) is 5.91 Å². The van der Waals surface area contributed by atoms with Crippen molar-refractivity contribution in [2.75, 3.05) is 39.0 Å². The molecule has 6 heteroatoms. The number of benzene rings is 1. The van der Waals surface area contributed by atoms with Crippen LogP contribution in [0.15, 0.2) is 24.3 Å². The summed E-state index contributed by atoms with van der Waals surface area (Å²) < 4.78 is 0. The molecule has 0 radical (unpaired) electrons. The van der Waals surface area contributed by atoms with Crippen molar-refractivity contribution >= 4 is 17.5 Å². The summed E-state index contributed by atoms with van der Waals surface area (Å²) in [7, 11) is 3.96. The number of piperidine rings is 1. The fourth-order valence-electron chi connectivity index (χ4n) is 3.01. The lowest BCUT2D eigenvalue weighted by Crippen LogP contribution is -2.47. The van der Waals surface area contributed by atoms with Gasteiger partial charge in [0.05, 0.1) is 0 Å². The quantitative estimate of drug-likeness (QED) is 0.828. The summed E-state index contributed by atoms with van der Waals surface area (Å²) in [6.45, 7) is 2.51. The molecule has 0 bridgehead atoms. The third-order valence-electron chi connectivity index (χ3n) is 4.49. The van der Waals surface area contributed by atoms with E-state index in [1.807, 2.05) is 11.9 Å². The maximum atomic E-state index is 12.6. The Morgan fingerprint density at radius 3 is 2.67 bits per heavy atom. The van der Waals surface area contributed by atoms with E-state index in [1.165, 1.54) is 0 Å². The van der Waals surface area contributed by atoms with Crippen LogP contribution < -0.4 is 11.1 Å². The molecule has 0 aromatic heterocycles. The Balaban J connectivity index is 1.94. The van der Waals surface area contributed by atoms with Crippen LogP contribution in [0.5, 0.6) is 0 Å². The normalized spacial score (nSPS) is 18.2. The maximum Gasteiger partial charge on any atom is 0.253 e. The molecule has 0 aliphatic carbocycles. The Bertz CT molecular complexity index is 559. The van der Waals surface area contributed by atoms with Crippen molar-refractivity contribution in [1.82, 2.24) is 9.80 Å². The molecule has 1 atom stereocenters. The lowest BCUT2D eigenvalue weighted by molar-refractivity contribution is -0.116. The third kappa shape index (κ3) is 5.04. The first kappa shape index (κ1) is 18.4. The molecule has 1 heterocycles. The second kappa shape index (κ2) is 8.80. The first-order valence-corrected chi connectivity index (χ1v) is 8.57. The molecule has 1 fully saturated rings. The number of carbonyl (C=O) groups is 2. The number of hydrogen-bond acceptors (Lipinski definition) is 4. The molecular formula is C18H28N4O2. The number of anilines is 1. The zero-order valence-electron chi connectivity index (χ0n) is 14.6. The Hall–Kier alpha value is -1.92. The van der Waals surface area contributed by atoms with Gasteiger partial charge in [0.15, 0.2) is 0 Å². The van der Waals surface area contributed by atoms with Gasteiger partial charge in [0.2, 0.25) is 5.91 Å². The monoisotopic (exact) mass is 332 g/mol. The summed E-state index contributed by atoms with van der Waals surface area (Å²) in [5.74, 6) is -0.0294. The highest BCUT2D eigenvalue weighted by atomic mass is 16.2. The molecule has 1 saturated heterocycles. The van der Waals surface area contributed by atoms with E-state index in [9.17, 15) is 9.59 Å². The number of hydrogen-bond donors (Lipinski definition) is 2. The number of carbonyl (C=O) groups excluding carboxylic acids is 2. The van der Waals surface area contributed by atoms with E-state index >= 15 is 0 Å². The number of nitrogens with two attached hydrogens (primary N) is 1. The van der Waals surface area contributed by atoms with E-state index in [-0.39, 0.29) is 17.9 Å². The zero-order chi connectivity index (χ0) is 17.5. The highest BCUT2D eigenvalue weighted by Gasteiger charge is 2.25. The molecule has 3 N–H and O–H groups in total. The van der Waals surface area contributed by atoms with E-state index in [0.717, 1.165) is 25.9 Å². The van der Waals surface area contributed by atoms with Gasteiger partial charge in [-0.2, -0.15) is 0 Å². The summed E-state index contributed by atoms with van der Waals surface area (Å²) in [6, 6.07) is 7.34. The van der Waals surface area contributed by atoms with Gasteiger partial charge >= 0.3 is 0 Å². The SMILES string of the molecule is CN1CCCC(N(C)C(=O)c2ccc(NC(=O)CCCN)cc2)C1. The second-order valence-corrected chi connectivity index (χ2v) is 6.49. The average Bonchev–Trinajstić information content (AvgIpc) is 2.59. The van der Waals surface area contributed by atoms with Crippen LogP contribution in [0, 0.1) is 0 Å². The number of rotatable bonds is 6. The largest absolute Gasteiger partial charge is 0.337 e. The van der Waals surface area contributed by atoms with E-state index in [1.54, 1.807) is 24.3 Å². The van der Waals surface area contributed by atoms with Crippen molar-refractivity contribution in [3.05, 3.63) is 29.8 Å². The van der Waals surface area contributed by atoms with E-state index < -0.39 is 0 Å². The van der Waals surface area contributed by atoms with Crippen molar-refractivity contribution in [2.24, 2.45) is 5.73 Å². The molecule has 1 aromatic carbocycles. The Morgan fingerprint density at radius 1 is 1.33 bits per heavy atom. The first-order valence-electron chi connectivity index (χ1n) is 8.57. The van der Waals surface area contributed by atoms with E-state index in [4.69, 9.17) is 5.73 Å². The fraction of sp³-hybridized carbons (Fsp3) is 0.556. The molecule has 24 heavy (non-hydrogen) atoms. The van der Waals surface area contributed by atoms with Gasteiger partial charge in [-0.25, -0.2) is 0 Å². The van der Waals surface area contributed by atoms with Gasteiger partial charge in [-0.3, -0.25) is 9.59 Å². The molecule has 2 rings (SSSR count). The van der Waals surface area contributed by atoms with E-state index in [0.29, 0.717) is 30.6 Å². The van der Waals surface area contributed by atoms with Gasteiger partial charge in [0, 0.05) is 37.3 Å². The molecule has 2 amide bonds. The van der Waals surface area contributed by atoms with Crippen LogP contribution in [-0.2, 0) is 4.79 Å². The average molecular weight is 332 g/mol. The first-order chi connectivity index (χ1) is 11.5. The number of likely N-dealkylation sites (tertiary alicyclic amines) is 1.